The quantitative estimate of drug-likeness (QED) is 0.636. The molecule has 0 bridgehead atoms. The fourth-order valence-electron chi connectivity index (χ4n) is 1.07. The van der Waals surface area contributed by atoms with Crippen LogP contribution in [0.3, 0.4) is 0 Å². The Morgan fingerprint density at radius 2 is 2.58 bits per heavy atom. The van der Waals surface area contributed by atoms with Crippen molar-refractivity contribution in [1.29, 1.82) is 0 Å². The van der Waals surface area contributed by atoms with Gasteiger partial charge in [0.1, 0.15) is 5.82 Å². The average molecular weight is 165 g/mol. The predicted molar refractivity (Wildman–Crippen MR) is 41.9 cm³/mol. The molecule has 2 heterocycles. The second kappa shape index (κ2) is 2.37. The maximum atomic E-state index is 10.5. The third-order valence-electron chi connectivity index (χ3n) is 1.63. The molecular weight excluding hydrogens is 158 g/mol. The first-order chi connectivity index (χ1) is 5.77. The van der Waals surface area contributed by atoms with Gasteiger partial charge in [-0.2, -0.15) is 5.10 Å². The molecule has 5 nitrogen and oxygen atoms in total. The van der Waals surface area contributed by atoms with Crippen LogP contribution in [0, 0.1) is 0 Å². The van der Waals surface area contributed by atoms with Gasteiger partial charge in [-0.1, -0.05) is 0 Å². The number of carboxylic acid groups (broad SMARTS) is 1. The fourth-order valence-corrected chi connectivity index (χ4v) is 1.07. The summed E-state index contributed by atoms with van der Waals surface area (Å²) in [5, 5.41) is 15.4. The van der Waals surface area contributed by atoms with Gasteiger partial charge in [0.2, 0.25) is 0 Å². The van der Waals surface area contributed by atoms with Crippen molar-refractivity contribution in [3.05, 3.63) is 24.0 Å². The van der Waals surface area contributed by atoms with E-state index in [1.54, 1.807) is 10.9 Å². The van der Waals surface area contributed by atoms with Crippen LogP contribution in [0.25, 0.3) is 0 Å². The summed E-state index contributed by atoms with van der Waals surface area (Å²) in [6.45, 7) is 0.621. The summed E-state index contributed by atoms with van der Waals surface area (Å²) >= 11 is 0. The van der Waals surface area contributed by atoms with Crippen LogP contribution in [0.2, 0.25) is 0 Å². The van der Waals surface area contributed by atoms with E-state index < -0.39 is 5.97 Å². The number of nitrogens with zero attached hydrogens (tertiary/aromatic N) is 2. The van der Waals surface area contributed by atoms with Crippen molar-refractivity contribution < 1.29 is 9.90 Å². The normalized spacial score (nSPS) is 13.7. The van der Waals surface area contributed by atoms with Gasteiger partial charge < -0.3 is 10.4 Å². The van der Waals surface area contributed by atoms with E-state index in [1.165, 1.54) is 6.07 Å². The minimum absolute atomic E-state index is 0.0706. The van der Waals surface area contributed by atoms with Crippen molar-refractivity contribution in [2.75, 3.05) is 5.32 Å². The molecule has 1 aromatic rings. The molecule has 0 amide bonds. The molecule has 1 aromatic heterocycles. The lowest BCUT2D eigenvalue weighted by atomic mass is 10.4. The summed E-state index contributed by atoms with van der Waals surface area (Å²) in [5.41, 5.74) is 0.0706. The Morgan fingerprint density at radius 3 is 3.25 bits per heavy atom. The van der Waals surface area contributed by atoms with Crippen LogP contribution in [0.1, 0.15) is 10.5 Å². The van der Waals surface area contributed by atoms with E-state index in [1.807, 2.05) is 6.08 Å². The van der Waals surface area contributed by atoms with E-state index in [0.29, 0.717) is 6.54 Å². The number of rotatable bonds is 1. The Morgan fingerprint density at radius 1 is 1.75 bits per heavy atom. The van der Waals surface area contributed by atoms with Gasteiger partial charge in [-0.15, -0.1) is 0 Å². The Kier molecular flexibility index (Phi) is 1.36. The van der Waals surface area contributed by atoms with E-state index >= 15 is 0 Å². The second-order valence-corrected chi connectivity index (χ2v) is 2.45. The fraction of sp³-hybridized carbons (Fsp3) is 0.143. The van der Waals surface area contributed by atoms with E-state index in [-0.39, 0.29) is 5.69 Å². The first-order valence-corrected chi connectivity index (χ1v) is 3.50. The van der Waals surface area contributed by atoms with Crippen molar-refractivity contribution in [2.24, 2.45) is 0 Å². The number of hydrogen-bond donors (Lipinski definition) is 2. The van der Waals surface area contributed by atoms with Crippen LogP contribution in [-0.2, 0) is 6.54 Å². The molecule has 12 heavy (non-hydrogen) atoms. The van der Waals surface area contributed by atoms with Crippen molar-refractivity contribution >= 4 is 11.8 Å². The van der Waals surface area contributed by atoms with Crippen molar-refractivity contribution in [2.45, 2.75) is 6.54 Å². The molecule has 0 atom stereocenters. The maximum Gasteiger partial charge on any atom is 0.356 e. The molecule has 0 spiro atoms. The lowest BCUT2D eigenvalue weighted by Crippen LogP contribution is -2.08. The zero-order chi connectivity index (χ0) is 8.55. The molecule has 0 saturated heterocycles. The first-order valence-electron chi connectivity index (χ1n) is 3.50. The van der Waals surface area contributed by atoms with Crippen LogP contribution >= 0.6 is 0 Å². The SMILES string of the molecule is O=C(O)c1cc2n(n1)CC=CN2. The van der Waals surface area contributed by atoms with Gasteiger partial charge >= 0.3 is 5.97 Å². The number of carboxylic acids is 1. The average Bonchev–Trinajstić information content (AvgIpc) is 2.46. The monoisotopic (exact) mass is 165 g/mol. The Labute approximate surface area is 68.3 Å². The topological polar surface area (TPSA) is 67.1 Å². The molecule has 0 aliphatic carbocycles. The Hall–Kier alpha value is -1.78. The molecule has 1 aliphatic rings. The molecule has 0 fully saturated rings. The summed E-state index contributed by atoms with van der Waals surface area (Å²) in [6, 6.07) is 1.51. The van der Waals surface area contributed by atoms with Gasteiger partial charge in [-0.05, 0) is 6.08 Å². The maximum absolute atomic E-state index is 10.5. The van der Waals surface area contributed by atoms with E-state index in [2.05, 4.69) is 10.4 Å². The van der Waals surface area contributed by atoms with E-state index in [4.69, 9.17) is 5.11 Å². The lowest BCUT2D eigenvalue weighted by molar-refractivity contribution is 0.0689. The number of aromatic nitrogens is 2. The molecular formula is C7H7N3O2. The molecule has 5 heteroatoms. The predicted octanol–water partition coefficient (Wildman–Crippen LogP) is 0.520. The van der Waals surface area contributed by atoms with Crippen LogP contribution in [0.15, 0.2) is 18.3 Å². The standard InChI is InChI=1S/C7H7N3O2/c11-7(12)5-4-6-8-2-1-3-10(6)9-5/h1-2,4,8H,3H2,(H,11,12). The smallest absolute Gasteiger partial charge is 0.356 e. The highest BCUT2D eigenvalue weighted by Crippen LogP contribution is 2.13. The number of aromatic carboxylic acids is 1. The van der Waals surface area contributed by atoms with Crippen molar-refractivity contribution in [3.63, 3.8) is 0 Å². The summed E-state index contributed by atoms with van der Waals surface area (Å²) in [4.78, 5) is 10.5. The zero-order valence-corrected chi connectivity index (χ0v) is 6.19. The molecule has 2 N–H and O–H groups in total. The third-order valence-corrected chi connectivity index (χ3v) is 1.63. The molecule has 0 radical (unpaired) electrons. The van der Waals surface area contributed by atoms with Gasteiger partial charge in [0.15, 0.2) is 5.69 Å². The number of nitrogens with one attached hydrogen (secondary N) is 1. The van der Waals surface area contributed by atoms with Crippen molar-refractivity contribution in [3.8, 4) is 0 Å². The Balaban J connectivity index is 2.41. The number of carbonyl (C=O) groups is 1. The van der Waals surface area contributed by atoms with E-state index in [9.17, 15) is 4.79 Å². The zero-order valence-electron chi connectivity index (χ0n) is 6.19. The van der Waals surface area contributed by atoms with Crippen LogP contribution in [0.4, 0.5) is 5.82 Å². The Bertz CT molecular complexity index is 328. The van der Waals surface area contributed by atoms with Gasteiger partial charge in [-0.25, -0.2) is 9.48 Å². The molecule has 1 aliphatic heterocycles. The van der Waals surface area contributed by atoms with Gasteiger partial charge in [-0.3, -0.25) is 0 Å². The lowest BCUT2D eigenvalue weighted by Gasteiger charge is -2.07. The molecule has 0 aromatic carbocycles. The minimum atomic E-state index is -1.00. The van der Waals surface area contributed by atoms with Crippen LogP contribution in [0.5, 0.6) is 0 Å². The molecule has 0 saturated carbocycles. The number of anilines is 1. The molecule has 0 unspecified atom stereocenters. The minimum Gasteiger partial charge on any atom is -0.476 e. The number of fused-ring (bicyclic) bond motifs is 1. The highest BCUT2D eigenvalue weighted by molar-refractivity contribution is 5.86. The summed E-state index contributed by atoms with van der Waals surface area (Å²) < 4.78 is 1.60. The van der Waals surface area contributed by atoms with E-state index in [0.717, 1.165) is 5.82 Å². The van der Waals surface area contributed by atoms with Crippen LogP contribution < -0.4 is 5.32 Å². The highest BCUT2D eigenvalue weighted by Gasteiger charge is 2.12. The van der Waals surface area contributed by atoms with Gasteiger partial charge in [0.25, 0.3) is 0 Å². The van der Waals surface area contributed by atoms with Crippen LogP contribution in [-0.4, -0.2) is 20.9 Å². The van der Waals surface area contributed by atoms with Gasteiger partial charge in [0, 0.05) is 12.3 Å². The summed E-state index contributed by atoms with van der Waals surface area (Å²) in [5.74, 6) is -0.284. The van der Waals surface area contributed by atoms with Gasteiger partial charge in [0.05, 0.1) is 6.54 Å². The molecule has 2 rings (SSSR count). The third kappa shape index (κ3) is 0.952. The summed E-state index contributed by atoms with van der Waals surface area (Å²) in [6.07, 6.45) is 3.63. The number of allylic oxidation sites excluding steroid dienone is 1. The molecule has 62 valence electrons. The second-order valence-electron chi connectivity index (χ2n) is 2.45. The summed E-state index contributed by atoms with van der Waals surface area (Å²) in [7, 11) is 0. The first kappa shape index (κ1) is 6.90. The van der Waals surface area contributed by atoms with Crippen molar-refractivity contribution in [1.82, 2.24) is 9.78 Å². The highest BCUT2D eigenvalue weighted by atomic mass is 16.4. The largest absolute Gasteiger partial charge is 0.476 e. The number of hydrogen-bond acceptors (Lipinski definition) is 3.